The Morgan fingerprint density at radius 1 is 1.14 bits per heavy atom. The Kier molecular flexibility index (Phi) is 7.53. The second-order valence-corrected chi connectivity index (χ2v) is 8.32. The number of esters is 1. The van der Waals surface area contributed by atoms with Gasteiger partial charge in [0.15, 0.2) is 6.61 Å². The molecule has 28 heavy (non-hydrogen) atoms. The third-order valence-corrected chi connectivity index (χ3v) is 6.19. The zero-order valence-corrected chi connectivity index (χ0v) is 16.8. The molecule has 0 saturated carbocycles. The van der Waals surface area contributed by atoms with Gasteiger partial charge in [-0.2, -0.15) is 4.31 Å². The quantitative estimate of drug-likeness (QED) is 0.578. The van der Waals surface area contributed by atoms with Crippen LogP contribution in [0.2, 0.25) is 0 Å². The number of benzene rings is 1. The SMILES string of the molecule is CCNC(=O)CNC(=O)COC(=O)[C@@H]1CCCN1S(=O)(=O)c1ccc(C)cc1. The smallest absolute Gasteiger partial charge is 0.324 e. The highest BCUT2D eigenvalue weighted by atomic mass is 32.2. The first kappa shape index (κ1) is 21.8. The summed E-state index contributed by atoms with van der Waals surface area (Å²) in [5.41, 5.74) is 0.926. The molecule has 1 aromatic rings. The molecule has 154 valence electrons. The molecule has 1 heterocycles. The normalized spacial score (nSPS) is 17.1. The van der Waals surface area contributed by atoms with Gasteiger partial charge in [-0.25, -0.2) is 8.42 Å². The number of sulfonamides is 1. The predicted molar refractivity (Wildman–Crippen MR) is 101 cm³/mol. The number of nitrogens with zero attached hydrogens (tertiary/aromatic N) is 1. The first-order valence-corrected chi connectivity index (χ1v) is 10.5. The molecule has 9 nitrogen and oxygen atoms in total. The van der Waals surface area contributed by atoms with Crippen LogP contribution < -0.4 is 10.6 Å². The van der Waals surface area contributed by atoms with Crippen LogP contribution in [0.25, 0.3) is 0 Å². The molecule has 1 aliphatic heterocycles. The van der Waals surface area contributed by atoms with Crippen molar-refractivity contribution < 1.29 is 27.5 Å². The molecule has 10 heteroatoms. The van der Waals surface area contributed by atoms with E-state index < -0.39 is 34.5 Å². The number of carbonyl (C=O) groups excluding carboxylic acids is 3. The molecule has 1 saturated heterocycles. The summed E-state index contributed by atoms with van der Waals surface area (Å²) in [7, 11) is -3.84. The minimum atomic E-state index is -3.84. The molecule has 0 radical (unpaired) electrons. The largest absolute Gasteiger partial charge is 0.454 e. The Labute approximate surface area is 164 Å². The van der Waals surface area contributed by atoms with E-state index in [4.69, 9.17) is 4.74 Å². The first-order chi connectivity index (χ1) is 13.3. The van der Waals surface area contributed by atoms with Crippen molar-refractivity contribution in [2.75, 3.05) is 26.2 Å². The lowest BCUT2D eigenvalue weighted by Gasteiger charge is -2.22. The summed E-state index contributed by atoms with van der Waals surface area (Å²) >= 11 is 0. The van der Waals surface area contributed by atoms with Gasteiger partial charge in [0.1, 0.15) is 6.04 Å². The molecular weight excluding hydrogens is 386 g/mol. The van der Waals surface area contributed by atoms with Gasteiger partial charge in [-0.1, -0.05) is 17.7 Å². The topological polar surface area (TPSA) is 122 Å². The van der Waals surface area contributed by atoms with Crippen LogP contribution in [0.3, 0.4) is 0 Å². The maximum absolute atomic E-state index is 12.8. The van der Waals surface area contributed by atoms with Crippen molar-refractivity contribution in [3.8, 4) is 0 Å². The Morgan fingerprint density at radius 2 is 1.82 bits per heavy atom. The van der Waals surface area contributed by atoms with E-state index in [1.807, 2.05) is 6.92 Å². The van der Waals surface area contributed by atoms with E-state index in [9.17, 15) is 22.8 Å². The highest BCUT2D eigenvalue weighted by molar-refractivity contribution is 7.89. The summed E-state index contributed by atoms with van der Waals surface area (Å²) in [6.07, 6.45) is 0.846. The van der Waals surface area contributed by atoms with Crippen LogP contribution in [0.1, 0.15) is 25.3 Å². The van der Waals surface area contributed by atoms with Crippen LogP contribution in [0, 0.1) is 6.92 Å². The summed E-state index contributed by atoms with van der Waals surface area (Å²) in [6, 6.07) is 5.41. The van der Waals surface area contributed by atoms with Crippen molar-refractivity contribution in [2.45, 2.75) is 37.6 Å². The van der Waals surface area contributed by atoms with Crippen molar-refractivity contribution in [3.63, 3.8) is 0 Å². The number of ether oxygens (including phenoxy) is 1. The summed E-state index contributed by atoms with van der Waals surface area (Å²) in [4.78, 5) is 35.5. The number of rotatable bonds is 8. The minimum Gasteiger partial charge on any atom is -0.454 e. The Balaban J connectivity index is 1.94. The van der Waals surface area contributed by atoms with Crippen molar-refractivity contribution >= 4 is 27.8 Å². The third-order valence-electron chi connectivity index (χ3n) is 4.27. The molecule has 1 aromatic carbocycles. The molecule has 1 atom stereocenters. The summed E-state index contributed by atoms with van der Waals surface area (Å²) < 4.78 is 31.8. The molecule has 2 rings (SSSR count). The van der Waals surface area contributed by atoms with E-state index in [-0.39, 0.29) is 23.9 Å². The van der Waals surface area contributed by atoms with Gasteiger partial charge in [0.2, 0.25) is 15.9 Å². The van der Waals surface area contributed by atoms with E-state index in [1.54, 1.807) is 19.1 Å². The van der Waals surface area contributed by atoms with Gasteiger partial charge in [-0.05, 0) is 38.8 Å². The van der Waals surface area contributed by atoms with Gasteiger partial charge < -0.3 is 15.4 Å². The number of carbonyl (C=O) groups is 3. The molecule has 2 amide bonds. The standard InChI is InChI=1S/C18H25N3O6S/c1-3-19-16(22)11-20-17(23)12-27-18(24)15-5-4-10-21(15)28(25,26)14-8-6-13(2)7-9-14/h6-9,15H,3-5,10-12H2,1-2H3,(H,19,22)(H,20,23)/t15-/m0/s1. The Bertz CT molecular complexity index is 822. The van der Waals surface area contributed by atoms with Crippen LogP contribution in [0.15, 0.2) is 29.2 Å². The lowest BCUT2D eigenvalue weighted by Crippen LogP contribution is -2.43. The summed E-state index contributed by atoms with van der Waals surface area (Å²) in [5.74, 6) is -1.76. The average Bonchev–Trinajstić information content (AvgIpc) is 3.16. The average molecular weight is 411 g/mol. The second kappa shape index (κ2) is 9.65. The van der Waals surface area contributed by atoms with Crippen LogP contribution in [0.5, 0.6) is 0 Å². The number of amides is 2. The fourth-order valence-electron chi connectivity index (χ4n) is 2.83. The van der Waals surface area contributed by atoms with E-state index in [0.717, 1.165) is 9.87 Å². The minimum absolute atomic E-state index is 0.109. The number of nitrogens with one attached hydrogen (secondary N) is 2. The maximum Gasteiger partial charge on any atom is 0.324 e. The van der Waals surface area contributed by atoms with Gasteiger partial charge in [0, 0.05) is 13.1 Å². The van der Waals surface area contributed by atoms with Gasteiger partial charge >= 0.3 is 5.97 Å². The summed E-state index contributed by atoms with van der Waals surface area (Å²) in [6.45, 7) is 3.45. The second-order valence-electron chi connectivity index (χ2n) is 6.42. The van der Waals surface area contributed by atoms with Crippen molar-refractivity contribution in [1.82, 2.24) is 14.9 Å². The molecule has 0 spiro atoms. The number of hydrogen-bond acceptors (Lipinski definition) is 6. The van der Waals surface area contributed by atoms with Gasteiger partial charge in [0.25, 0.3) is 5.91 Å². The lowest BCUT2D eigenvalue weighted by atomic mass is 10.2. The molecule has 0 bridgehead atoms. The zero-order chi connectivity index (χ0) is 20.7. The van der Waals surface area contributed by atoms with Crippen LogP contribution >= 0.6 is 0 Å². The van der Waals surface area contributed by atoms with E-state index in [0.29, 0.717) is 19.4 Å². The number of aryl methyl sites for hydroxylation is 1. The highest BCUT2D eigenvalue weighted by Crippen LogP contribution is 2.27. The van der Waals surface area contributed by atoms with Crippen molar-refractivity contribution in [3.05, 3.63) is 29.8 Å². The third kappa shape index (κ3) is 5.52. The molecule has 0 aliphatic carbocycles. The van der Waals surface area contributed by atoms with E-state index in [1.165, 1.54) is 12.1 Å². The van der Waals surface area contributed by atoms with E-state index in [2.05, 4.69) is 10.6 Å². The first-order valence-electron chi connectivity index (χ1n) is 9.04. The van der Waals surface area contributed by atoms with Crippen LogP contribution in [-0.2, 0) is 29.1 Å². The van der Waals surface area contributed by atoms with E-state index >= 15 is 0 Å². The fraction of sp³-hybridized carbons (Fsp3) is 0.500. The van der Waals surface area contributed by atoms with Crippen LogP contribution in [-0.4, -0.2) is 62.8 Å². The molecule has 1 aliphatic rings. The number of likely N-dealkylation sites (N-methyl/N-ethyl adjacent to an activating group) is 1. The molecular formula is C18H25N3O6S. The number of hydrogen-bond donors (Lipinski definition) is 2. The Morgan fingerprint density at radius 3 is 2.46 bits per heavy atom. The van der Waals surface area contributed by atoms with Crippen LogP contribution in [0.4, 0.5) is 0 Å². The molecule has 0 unspecified atom stereocenters. The monoisotopic (exact) mass is 411 g/mol. The maximum atomic E-state index is 12.8. The Hall–Kier alpha value is -2.46. The van der Waals surface area contributed by atoms with Crippen molar-refractivity contribution in [1.29, 1.82) is 0 Å². The fourth-order valence-corrected chi connectivity index (χ4v) is 4.48. The van der Waals surface area contributed by atoms with Gasteiger partial charge in [-0.15, -0.1) is 0 Å². The van der Waals surface area contributed by atoms with Gasteiger partial charge in [-0.3, -0.25) is 14.4 Å². The zero-order valence-electron chi connectivity index (χ0n) is 15.9. The van der Waals surface area contributed by atoms with Gasteiger partial charge in [0.05, 0.1) is 11.4 Å². The predicted octanol–water partition coefficient (Wildman–Crippen LogP) is -0.0564. The lowest BCUT2D eigenvalue weighted by molar-refractivity contribution is -0.151. The molecule has 1 fully saturated rings. The van der Waals surface area contributed by atoms with Crippen molar-refractivity contribution in [2.24, 2.45) is 0 Å². The molecule has 2 N–H and O–H groups in total. The molecule has 0 aromatic heterocycles. The highest BCUT2D eigenvalue weighted by Gasteiger charge is 2.40. The summed E-state index contributed by atoms with van der Waals surface area (Å²) in [5, 5.41) is 4.84.